The van der Waals surface area contributed by atoms with Crippen LogP contribution in [0.3, 0.4) is 0 Å². The van der Waals surface area contributed by atoms with E-state index in [1.54, 1.807) is 6.33 Å². The molecule has 0 N–H and O–H groups in total. The third kappa shape index (κ3) is 2.41. The minimum Gasteiger partial charge on any atom is -0.334 e. The largest absolute Gasteiger partial charge is 0.334 e. The number of aryl methyl sites for hydroxylation is 2. The Kier molecular flexibility index (Phi) is 3.22. The van der Waals surface area contributed by atoms with Crippen molar-refractivity contribution in [3.63, 3.8) is 0 Å². The van der Waals surface area contributed by atoms with Crippen LogP contribution in [0.5, 0.6) is 0 Å². The standard InChI is InChI=1S/C16H17N3O/c1-11-5-12(2)7-13(6-11)16(20)19-4-3-15-14(9-19)8-17-10-18-15/h5-8,10H,3-4,9H2,1-2H3. The molecule has 1 aromatic heterocycles. The monoisotopic (exact) mass is 267 g/mol. The van der Waals surface area contributed by atoms with Gasteiger partial charge in [-0.1, -0.05) is 17.2 Å². The van der Waals surface area contributed by atoms with Gasteiger partial charge in [0, 0.05) is 36.8 Å². The van der Waals surface area contributed by atoms with Gasteiger partial charge in [0.15, 0.2) is 0 Å². The molecule has 0 saturated heterocycles. The van der Waals surface area contributed by atoms with Gasteiger partial charge in [-0.25, -0.2) is 9.97 Å². The van der Waals surface area contributed by atoms with E-state index in [1.165, 1.54) is 0 Å². The first-order valence-electron chi connectivity index (χ1n) is 6.79. The molecule has 0 spiro atoms. The van der Waals surface area contributed by atoms with Gasteiger partial charge in [0.25, 0.3) is 5.91 Å². The number of benzene rings is 1. The molecular formula is C16H17N3O. The van der Waals surface area contributed by atoms with Crippen LogP contribution in [0, 0.1) is 13.8 Å². The molecule has 1 aliphatic heterocycles. The van der Waals surface area contributed by atoms with Crippen molar-refractivity contribution in [1.82, 2.24) is 14.9 Å². The Hall–Kier alpha value is -2.23. The summed E-state index contributed by atoms with van der Waals surface area (Å²) in [6, 6.07) is 5.98. The smallest absolute Gasteiger partial charge is 0.254 e. The average Bonchev–Trinajstić information content (AvgIpc) is 2.45. The predicted molar refractivity (Wildman–Crippen MR) is 76.4 cm³/mol. The number of aromatic nitrogens is 2. The minimum absolute atomic E-state index is 0.0892. The molecule has 102 valence electrons. The number of carbonyl (C=O) groups is 1. The number of hydrogen-bond acceptors (Lipinski definition) is 3. The highest BCUT2D eigenvalue weighted by Crippen LogP contribution is 2.19. The van der Waals surface area contributed by atoms with Crippen molar-refractivity contribution in [2.75, 3.05) is 6.54 Å². The molecule has 1 aromatic carbocycles. The maximum absolute atomic E-state index is 12.6. The summed E-state index contributed by atoms with van der Waals surface area (Å²) in [5.74, 6) is 0.0892. The van der Waals surface area contributed by atoms with Crippen LogP contribution < -0.4 is 0 Å². The molecule has 0 fully saturated rings. The highest BCUT2D eigenvalue weighted by atomic mass is 16.2. The van der Waals surface area contributed by atoms with Gasteiger partial charge in [-0.05, 0) is 26.0 Å². The first-order chi connectivity index (χ1) is 9.63. The topological polar surface area (TPSA) is 46.1 Å². The summed E-state index contributed by atoms with van der Waals surface area (Å²) in [6.07, 6.45) is 4.18. The zero-order valence-electron chi connectivity index (χ0n) is 11.8. The fourth-order valence-electron chi connectivity index (χ4n) is 2.72. The van der Waals surface area contributed by atoms with Crippen LogP contribution >= 0.6 is 0 Å². The van der Waals surface area contributed by atoms with E-state index in [2.05, 4.69) is 16.0 Å². The third-order valence-electron chi connectivity index (χ3n) is 3.62. The normalized spacial score (nSPS) is 14.0. The Morgan fingerprint density at radius 2 is 1.95 bits per heavy atom. The van der Waals surface area contributed by atoms with E-state index in [0.29, 0.717) is 6.54 Å². The Morgan fingerprint density at radius 1 is 1.20 bits per heavy atom. The molecule has 0 unspecified atom stereocenters. The second-order valence-corrected chi connectivity index (χ2v) is 5.35. The lowest BCUT2D eigenvalue weighted by molar-refractivity contribution is 0.0733. The molecule has 1 amide bonds. The van der Waals surface area contributed by atoms with Crippen LogP contribution in [0.1, 0.15) is 32.7 Å². The fraction of sp³-hybridized carbons (Fsp3) is 0.312. The van der Waals surface area contributed by atoms with Crippen molar-refractivity contribution in [2.45, 2.75) is 26.8 Å². The van der Waals surface area contributed by atoms with Gasteiger partial charge in [-0.3, -0.25) is 4.79 Å². The first-order valence-corrected chi connectivity index (χ1v) is 6.79. The van der Waals surface area contributed by atoms with Crippen LogP contribution in [0.4, 0.5) is 0 Å². The predicted octanol–water partition coefficient (Wildman–Crippen LogP) is 2.29. The third-order valence-corrected chi connectivity index (χ3v) is 3.62. The number of hydrogen-bond donors (Lipinski definition) is 0. The molecule has 2 heterocycles. The minimum atomic E-state index is 0.0892. The number of fused-ring (bicyclic) bond motifs is 1. The van der Waals surface area contributed by atoms with Gasteiger partial charge < -0.3 is 4.90 Å². The summed E-state index contributed by atoms with van der Waals surface area (Å²) >= 11 is 0. The number of carbonyl (C=O) groups excluding carboxylic acids is 1. The number of rotatable bonds is 1. The number of amides is 1. The van der Waals surface area contributed by atoms with Crippen molar-refractivity contribution in [3.05, 3.63) is 58.7 Å². The molecule has 1 aliphatic rings. The van der Waals surface area contributed by atoms with Crippen LogP contribution in [-0.4, -0.2) is 27.3 Å². The van der Waals surface area contributed by atoms with Crippen molar-refractivity contribution >= 4 is 5.91 Å². The molecule has 0 radical (unpaired) electrons. The Morgan fingerprint density at radius 3 is 2.70 bits per heavy atom. The van der Waals surface area contributed by atoms with E-state index in [-0.39, 0.29) is 5.91 Å². The Balaban J connectivity index is 1.86. The second-order valence-electron chi connectivity index (χ2n) is 5.35. The second kappa shape index (κ2) is 5.04. The summed E-state index contributed by atoms with van der Waals surface area (Å²) in [6.45, 7) is 5.35. The van der Waals surface area contributed by atoms with Crippen LogP contribution in [0.2, 0.25) is 0 Å². The van der Waals surface area contributed by atoms with Gasteiger partial charge in [0.05, 0.1) is 5.69 Å². The van der Waals surface area contributed by atoms with E-state index < -0.39 is 0 Å². The van der Waals surface area contributed by atoms with Gasteiger partial charge in [-0.2, -0.15) is 0 Å². The van der Waals surface area contributed by atoms with E-state index in [4.69, 9.17) is 0 Å². The SMILES string of the molecule is Cc1cc(C)cc(C(=O)N2CCc3ncncc3C2)c1. The molecule has 20 heavy (non-hydrogen) atoms. The molecule has 2 aromatic rings. The molecule has 0 bridgehead atoms. The Labute approximate surface area is 118 Å². The lowest BCUT2D eigenvalue weighted by atomic mass is 10.0. The van der Waals surface area contributed by atoms with Crippen LogP contribution in [0.25, 0.3) is 0 Å². The van der Waals surface area contributed by atoms with Crippen molar-refractivity contribution in [2.24, 2.45) is 0 Å². The number of nitrogens with zero attached hydrogens (tertiary/aromatic N) is 3. The van der Waals surface area contributed by atoms with Crippen molar-refractivity contribution in [1.29, 1.82) is 0 Å². The Bertz CT molecular complexity index is 646. The molecule has 0 saturated carbocycles. The summed E-state index contributed by atoms with van der Waals surface area (Å²) < 4.78 is 0. The highest BCUT2D eigenvalue weighted by Gasteiger charge is 2.22. The maximum Gasteiger partial charge on any atom is 0.254 e. The van der Waals surface area contributed by atoms with Gasteiger partial charge in [0.2, 0.25) is 0 Å². The lowest BCUT2D eigenvalue weighted by Crippen LogP contribution is -2.36. The zero-order valence-corrected chi connectivity index (χ0v) is 11.8. The molecule has 3 rings (SSSR count). The summed E-state index contributed by atoms with van der Waals surface area (Å²) in [7, 11) is 0. The molecule has 4 heteroatoms. The quantitative estimate of drug-likeness (QED) is 0.796. The molecule has 0 aliphatic carbocycles. The molecule has 4 nitrogen and oxygen atoms in total. The summed E-state index contributed by atoms with van der Waals surface area (Å²) in [5.41, 5.74) is 5.12. The van der Waals surface area contributed by atoms with Crippen LogP contribution in [-0.2, 0) is 13.0 Å². The van der Waals surface area contributed by atoms with Gasteiger partial charge in [0.1, 0.15) is 6.33 Å². The van der Waals surface area contributed by atoms with Crippen molar-refractivity contribution < 1.29 is 4.79 Å². The molecule has 0 atom stereocenters. The maximum atomic E-state index is 12.6. The van der Waals surface area contributed by atoms with E-state index >= 15 is 0 Å². The summed E-state index contributed by atoms with van der Waals surface area (Å²) in [5, 5.41) is 0. The van der Waals surface area contributed by atoms with E-state index in [0.717, 1.165) is 40.9 Å². The van der Waals surface area contributed by atoms with Gasteiger partial charge in [-0.15, -0.1) is 0 Å². The summed E-state index contributed by atoms with van der Waals surface area (Å²) in [4.78, 5) is 22.8. The van der Waals surface area contributed by atoms with E-state index in [9.17, 15) is 4.79 Å². The first kappa shape index (κ1) is 12.8. The van der Waals surface area contributed by atoms with Crippen molar-refractivity contribution in [3.8, 4) is 0 Å². The van der Waals surface area contributed by atoms with Gasteiger partial charge >= 0.3 is 0 Å². The van der Waals surface area contributed by atoms with E-state index in [1.807, 2.05) is 37.1 Å². The fourth-order valence-corrected chi connectivity index (χ4v) is 2.72. The van der Waals surface area contributed by atoms with Crippen LogP contribution in [0.15, 0.2) is 30.7 Å². The molecular weight excluding hydrogens is 250 g/mol. The zero-order chi connectivity index (χ0) is 14.1. The highest BCUT2D eigenvalue weighted by molar-refractivity contribution is 5.94. The lowest BCUT2D eigenvalue weighted by Gasteiger charge is -2.28. The average molecular weight is 267 g/mol.